The zero-order valence-corrected chi connectivity index (χ0v) is 21.9. The molecule has 1 aliphatic heterocycles. The fourth-order valence-electron chi connectivity index (χ4n) is 4.94. The zero-order chi connectivity index (χ0) is 25.8. The van der Waals surface area contributed by atoms with Gasteiger partial charge in [0.25, 0.3) is 10.0 Å². The van der Waals surface area contributed by atoms with E-state index in [9.17, 15) is 13.5 Å². The van der Waals surface area contributed by atoms with Gasteiger partial charge in [0.2, 0.25) is 0 Å². The summed E-state index contributed by atoms with van der Waals surface area (Å²) in [6, 6.07) is 22.4. The summed E-state index contributed by atoms with van der Waals surface area (Å²) in [7, 11) is -3.78. The van der Waals surface area contributed by atoms with Crippen molar-refractivity contribution in [1.29, 1.82) is 0 Å². The number of hydrogen-bond acceptors (Lipinski definition) is 5. The Morgan fingerprint density at radius 3 is 2.49 bits per heavy atom. The molecule has 0 saturated carbocycles. The molecular weight excluding hydrogens is 484 g/mol. The van der Waals surface area contributed by atoms with Crippen molar-refractivity contribution in [1.82, 2.24) is 9.88 Å². The lowest BCUT2D eigenvalue weighted by Gasteiger charge is -2.38. The Bertz CT molecular complexity index is 1440. The highest BCUT2D eigenvalue weighted by molar-refractivity contribution is 7.92. The Hall–Kier alpha value is -3.33. The van der Waals surface area contributed by atoms with Crippen LogP contribution in [0.5, 0.6) is 0 Å². The number of sulfonamides is 1. The van der Waals surface area contributed by atoms with Crippen LogP contribution in [0, 0.1) is 0 Å². The van der Waals surface area contributed by atoms with Crippen molar-refractivity contribution in [2.45, 2.75) is 37.3 Å². The number of fused-ring (bicyclic) bond motifs is 1. The summed E-state index contributed by atoms with van der Waals surface area (Å²) in [5.41, 5.74) is 4.59. The van der Waals surface area contributed by atoms with E-state index in [-0.39, 0.29) is 4.90 Å². The first-order valence-corrected chi connectivity index (χ1v) is 14.4. The number of anilines is 2. The highest BCUT2D eigenvalue weighted by Gasteiger charge is 2.25. The number of rotatable bonds is 9. The van der Waals surface area contributed by atoms with E-state index in [2.05, 4.69) is 45.8 Å². The first-order valence-electron chi connectivity index (χ1n) is 12.9. The Labute approximate surface area is 218 Å². The number of nitrogens with one attached hydrogen (secondary N) is 2. The average Bonchev–Trinajstić information content (AvgIpc) is 3.42. The third kappa shape index (κ3) is 5.66. The molecule has 37 heavy (non-hydrogen) atoms. The van der Waals surface area contributed by atoms with Gasteiger partial charge in [-0.15, -0.1) is 0 Å². The minimum atomic E-state index is -3.78. The first kappa shape index (κ1) is 25.3. The molecule has 1 aromatic heterocycles. The van der Waals surface area contributed by atoms with Crippen LogP contribution in [-0.2, 0) is 16.4 Å². The molecule has 2 heterocycles. The lowest BCUT2D eigenvalue weighted by molar-refractivity contribution is -0.00173. The summed E-state index contributed by atoms with van der Waals surface area (Å²) < 4.78 is 28.8. The number of piperazine rings is 1. The van der Waals surface area contributed by atoms with Crippen LogP contribution in [0.2, 0.25) is 0 Å². The van der Waals surface area contributed by atoms with Gasteiger partial charge in [0.1, 0.15) is 6.23 Å². The highest BCUT2D eigenvalue weighted by Crippen LogP contribution is 2.29. The minimum Gasteiger partial charge on any atom is -0.374 e. The standard InChI is InChI=1S/C29H34N4O3S/c1-2-3-6-22-11-13-24(14-12-22)31-37(35,36)25-8-4-7-23(21-25)29(34)33-19-17-32(18-20-33)28-10-5-9-27-26(28)15-16-30-27/h4-5,7-16,21,29-31,34H,2-3,6,17-20H2,1H3. The van der Waals surface area contributed by atoms with E-state index in [1.54, 1.807) is 36.4 Å². The summed E-state index contributed by atoms with van der Waals surface area (Å²) in [6.45, 7) is 5.03. The Kier molecular flexibility index (Phi) is 7.50. The Morgan fingerprint density at radius 1 is 0.973 bits per heavy atom. The number of aromatic amines is 1. The molecule has 0 bridgehead atoms. The monoisotopic (exact) mass is 518 g/mol. The van der Waals surface area contributed by atoms with E-state index < -0.39 is 16.3 Å². The smallest absolute Gasteiger partial charge is 0.261 e. The van der Waals surface area contributed by atoms with Crippen LogP contribution < -0.4 is 9.62 Å². The molecule has 0 radical (unpaired) electrons. The van der Waals surface area contributed by atoms with E-state index in [0.717, 1.165) is 37.9 Å². The number of aliphatic hydroxyl groups is 1. The van der Waals surface area contributed by atoms with Gasteiger partial charge in [-0.1, -0.05) is 43.7 Å². The molecule has 1 fully saturated rings. The molecule has 8 heteroatoms. The van der Waals surface area contributed by atoms with Crippen molar-refractivity contribution in [2.24, 2.45) is 0 Å². The van der Waals surface area contributed by atoms with Gasteiger partial charge < -0.3 is 15.0 Å². The van der Waals surface area contributed by atoms with Gasteiger partial charge in [-0.25, -0.2) is 8.42 Å². The molecule has 0 aliphatic carbocycles. The third-order valence-electron chi connectivity index (χ3n) is 7.06. The lowest BCUT2D eigenvalue weighted by atomic mass is 10.1. The van der Waals surface area contributed by atoms with Gasteiger partial charge in [-0.05, 0) is 66.4 Å². The number of aromatic nitrogens is 1. The molecule has 7 nitrogen and oxygen atoms in total. The fraction of sp³-hybridized carbons (Fsp3) is 0.310. The average molecular weight is 519 g/mol. The van der Waals surface area contributed by atoms with Crippen molar-refractivity contribution in [2.75, 3.05) is 35.8 Å². The molecule has 0 amide bonds. The largest absolute Gasteiger partial charge is 0.374 e. The van der Waals surface area contributed by atoms with Gasteiger partial charge in [0.05, 0.1) is 4.90 Å². The molecule has 3 N–H and O–H groups in total. The predicted octanol–water partition coefficient (Wildman–Crippen LogP) is 5.12. The topological polar surface area (TPSA) is 88.7 Å². The van der Waals surface area contributed by atoms with Crippen LogP contribution in [0.1, 0.15) is 37.1 Å². The van der Waals surface area contributed by atoms with Gasteiger partial charge in [0.15, 0.2) is 0 Å². The molecule has 1 saturated heterocycles. The van der Waals surface area contributed by atoms with E-state index in [1.165, 1.54) is 16.6 Å². The van der Waals surface area contributed by atoms with E-state index in [4.69, 9.17) is 0 Å². The first-order chi connectivity index (χ1) is 17.9. The second-order valence-electron chi connectivity index (χ2n) is 9.59. The predicted molar refractivity (Wildman–Crippen MR) is 149 cm³/mol. The van der Waals surface area contributed by atoms with Crippen LogP contribution in [-0.4, -0.2) is 49.6 Å². The molecule has 1 unspecified atom stereocenters. The summed E-state index contributed by atoms with van der Waals surface area (Å²) >= 11 is 0. The second kappa shape index (κ2) is 11.0. The van der Waals surface area contributed by atoms with E-state index in [1.807, 2.05) is 23.2 Å². The van der Waals surface area contributed by atoms with Crippen LogP contribution in [0.3, 0.4) is 0 Å². The molecule has 194 valence electrons. The summed E-state index contributed by atoms with van der Waals surface area (Å²) in [5, 5.41) is 12.3. The number of unbranched alkanes of at least 4 members (excludes halogenated alkanes) is 1. The summed E-state index contributed by atoms with van der Waals surface area (Å²) in [6.07, 6.45) is 4.29. The van der Waals surface area contributed by atoms with Gasteiger partial charge in [-0.3, -0.25) is 9.62 Å². The number of H-pyrrole nitrogens is 1. The quantitative estimate of drug-likeness (QED) is 0.286. The maximum atomic E-state index is 13.1. The maximum absolute atomic E-state index is 13.1. The molecule has 0 spiro atoms. The van der Waals surface area contributed by atoms with Crippen molar-refractivity contribution in [3.63, 3.8) is 0 Å². The fourth-order valence-corrected chi connectivity index (χ4v) is 6.05. The van der Waals surface area contributed by atoms with Crippen molar-refractivity contribution >= 4 is 32.3 Å². The summed E-state index contributed by atoms with van der Waals surface area (Å²) in [5.74, 6) is 0. The van der Waals surface area contributed by atoms with Gasteiger partial charge in [0, 0.05) is 54.7 Å². The number of nitrogens with zero attached hydrogens (tertiary/aromatic N) is 2. The number of benzene rings is 3. The van der Waals surface area contributed by atoms with Crippen LogP contribution in [0.4, 0.5) is 11.4 Å². The van der Waals surface area contributed by atoms with Crippen molar-refractivity contribution in [3.05, 3.63) is 90.1 Å². The molecule has 1 aliphatic rings. The molecule has 1 atom stereocenters. The zero-order valence-electron chi connectivity index (χ0n) is 21.1. The normalized spacial score (nSPS) is 15.7. The van der Waals surface area contributed by atoms with Gasteiger partial charge >= 0.3 is 0 Å². The van der Waals surface area contributed by atoms with Gasteiger partial charge in [-0.2, -0.15) is 0 Å². The Balaban J connectivity index is 1.24. The number of hydrogen-bond donors (Lipinski definition) is 3. The summed E-state index contributed by atoms with van der Waals surface area (Å²) in [4.78, 5) is 7.71. The molecule has 4 aromatic rings. The van der Waals surface area contributed by atoms with Crippen LogP contribution in [0.25, 0.3) is 10.9 Å². The van der Waals surface area contributed by atoms with E-state index >= 15 is 0 Å². The third-order valence-corrected chi connectivity index (χ3v) is 8.44. The number of aryl methyl sites for hydroxylation is 1. The number of aliphatic hydroxyl groups excluding tert-OH is 1. The molecular formula is C29H34N4O3S. The molecule has 3 aromatic carbocycles. The minimum absolute atomic E-state index is 0.136. The maximum Gasteiger partial charge on any atom is 0.261 e. The van der Waals surface area contributed by atoms with Crippen LogP contribution >= 0.6 is 0 Å². The Morgan fingerprint density at radius 2 is 1.73 bits per heavy atom. The van der Waals surface area contributed by atoms with Crippen molar-refractivity contribution < 1.29 is 13.5 Å². The molecule has 5 rings (SSSR count). The SMILES string of the molecule is CCCCc1ccc(NS(=O)(=O)c2cccc(C(O)N3CCN(c4cccc5[nH]ccc45)CC3)c2)cc1. The second-order valence-corrected chi connectivity index (χ2v) is 11.3. The van der Waals surface area contributed by atoms with Crippen LogP contribution in [0.15, 0.2) is 83.9 Å². The van der Waals surface area contributed by atoms with E-state index in [0.29, 0.717) is 24.3 Å². The van der Waals surface area contributed by atoms with Crippen molar-refractivity contribution in [3.8, 4) is 0 Å². The highest BCUT2D eigenvalue weighted by atomic mass is 32.2. The lowest BCUT2D eigenvalue weighted by Crippen LogP contribution is -2.47.